The third kappa shape index (κ3) is 3.29. The minimum absolute atomic E-state index is 0.0471. The van der Waals surface area contributed by atoms with Gasteiger partial charge in [0.15, 0.2) is 23.3 Å². The van der Waals surface area contributed by atoms with Crippen LogP contribution in [-0.2, 0) is 6.54 Å². The minimum atomic E-state index is -1.46. The highest BCUT2D eigenvalue weighted by molar-refractivity contribution is 9.10. The van der Waals surface area contributed by atoms with Crippen LogP contribution in [0.1, 0.15) is 5.56 Å². The fraction of sp³-hybridized carbons (Fsp3) is 0.143. The van der Waals surface area contributed by atoms with Gasteiger partial charge in [-0.15, -0.1) is 0 Å². The summed E-state index contributed by atoms with van der Waals surface area (Å²) in [6.07, 6.45) is 0. The average molecular weight is 364 g/mol. The van der Waals surface area contributed by atoms with E-state index in [0.717, 1.165) is 0 Å². The predicted octanol–water partition coefficient (Wildman–Crippen LogP) is 4.63. The predicted molar refractivity (Wildman–Crippen MR) is 74.3 cm³/mol. The molecular formula is C14H10BrF4NO. The Morgan fingerprint density at radius 1 is 1.05 bits per heavy atom. The maximum absolute atomic E-state index is 13.5. The van der Waals surface area contributed by atoms with Crippen LogP contribution in [-0.4, -0.2) is 7.11 Å². The second-order valence-corrected chi connectivity index (χ2v) is 5.01. The summed E-state index contributed by atoms with van der Waals surface area (Å²) in [5, 5.41) is 2.36. The van der Waals surface area contributed by atoms with Crippen molar-refractivity contribution in [1.29, 1.82) is 0 Å². The second-order valence-electron chi connectivity index (χ2n) is 4.15. The Hall–Kier alpha value is -1.76. The first kappa shape index (κ1) is 15.6. The third-order valence-electron chi connectivity index (χ3n) is 2.82. The number of hydrogen-bond donors (Lipinski definition) is 1. The van der Waals surface area contributed by atoms with Gasteiger partial charge in [-0.05, 0) is 23.8 Å². The summed E-state index contributed by atoms with van der Waals surface area (Å²) in [6, 6.07) is 5.17. The van der Waals surface area contributed by atoms with Crippen LogP contribution in [0.25, 0.3) is 0 Å². The Balaban J connectivity index is 2.28. The summed E-state index contributed by atoms with van der Waals surface area (Å²) in [6.45, 7) is -0.0471. The molecule has 0 heterocycles. The van der Waals surface area contributed by atoms with Crippen LogP contribution in [0.2, 0.25) is 0 Å². The first-order chi connectivity index (χ1) is 9.93. The Bertz CT molecular complexity index is 652. The van der Waals surface area contributed by atoms with Gasteiger partial charge in [0.05, 0.1) is 7.11 Å². The van der Waals surface area contributed by atoms with E-state index in [2.05, 4.69) is 21.2 Å². The lowest BCUT2D eigenvalue weighted by Gasteiger charge is -2.12. The van der Waals surface area contributed by atoms with Crippen LogP contribution in [0.4, 0.5) is 23.2 Å². The highest BCUT2D eigenvalue weighted by atomic mass is 79.9. The van der Waals surface area contributed by atoms with Crippen molar-refractivity contribution in [2.45, 2.75) is 6.54 Å². The average Bonchev–Trinajstić information content (AvgIpc) is 2.47. The second kappa shape index (κ2) is 6.34. The van der Waals surface area contributed by atoms with Crippen molar-refractivity contribution in [3.05, 3.63) is 57.6 Å². The molecular weight excluding hydrogens is 354 g/mol. The molecule has 2 aromatic carbocycles. The molecule has 0 spiro atoms. The minimum Gasteiger partial charge on any atom is -0.497 e. The van der Waals surface area contributed by atoms with Gasteiger partial charge in [-0.25, -0.2) is 17.6 Å². The van der Waals surface area contributed by atoms with Crippen LogP contribution >= 0.6 is 15.9 Å². The van der Waals surface area contributed by atoms with Crippen molar-refractivity contribution >= 4 is 21.6 Å². The van der Waals surface area contributed by atoms with E-state index in [-0.39, 0.29) is 12.6 Å². The van der Waals surface area contributed by atoms with Gasteiger partial charge in [0.1, 0.15) is 11.4 Å². The molecule has 0 radical (unpaired) electrons. The van der Waals surface area contributed by atoms with Crippen molar-refractivity contribution < 1.29 is 22.3 Å². The monoisotopic (exact) mass is 363 g/mol. The van der Waals surface area contributed by atoms with Gasteiger partial charge in [-0.3, -0.25) is 0 Å². The molecule has 0 aromatic heterocycles. The molecule has 21 heavy (non-hydrogen) atoms. The van der Waals surface area contributed by atoms with E-state index in [4.69, 9.17) is 4.74 Å². The zero-order chi connectivity index (χ0) is 15.6. The summed E-state index contributed by atoms with van der Waals surface area (Å²) >= 11 is 3.27. The maximum atomic E-state index is 13.5. The van der Waals surface area contributed by atoms with Crippen LogP contribution in [0.3, 0.4) is 0 Å². The molecule has 2 rings (SSSR count). The van der Waals surface area contributed by atoms with E-state index in [1.54, 1.807) is 18.2 Å². The van der Waals surface area contributed by atoms with Gasteiger partial charge >= 0.3 is 0 Å². The molecule has 0 saturated heterocycles. The van der Waals surface area contributed by atoms with Crippen LogP contribution in [0.15, 0.2) is 28.7 Å². The summed E-state index contributed by atoms with van der Waals surface area (Å²) in [7, 11) is 1.47. The number of halogens is 5. The Labute approximate surface area is 126 Å². The molecule has 0 saturated carbocycles. The molecule has 0 aliphatic carbocycles. The smallest absolute Gasteiger partial charge is 0.185 e. The van der Waals surface area contributed by atoms with Crippen LogP contribution in [0, 0.1) is 23.3 Å². The standard InChI is InChI=1S/C14H10BrF4NO/c1-21-8-2-3-9(15)7(4-8)6-20-14-12(18)10(16)5-11(17)13(14)19/h2-5,20H,6H2,1H3. The van der Waals surface area contributed by atoms with E-state index in [1.165, 1.54) is 7.11 Å². The van der Waals surface area contributed by atoms with Gasteiger partial charge in [-0.2, -0.15) is 0 Å². The number of rotatable bonds is 4. The number of anilines is 1. The molecule has 0 amide bonds. The largest absolute Gasteiger partial charge is 0.497 e. The fourth-order valence-corrected chi connectivity index (χ4v) is 2.11. The molecule has 112 valence electrons. The lowest BCUT2D eigenvalue weighted by atomic mass is 10.2. The van der Waals surface area contributed by atoms with Crippen molar-refractivity contribution in [3.63, 3.8) is 0 Å². The van der Waals surface area contributed by atoms with Crippen molar-refractivity contribution in [2.24, 2.45) is 0 Å². The maximum Gasteiger partial charge on any atom is 0.185 e. The zero-order valence-electron chi connectivity index (χ0n) is 10.8. The van der Waals surface area contributed by atoms with Gasteiger partial charge in [0.2, 0.25) is 0 Å². The van der Waals surface area contributed by atoms with E-state index >= 15 is 0 Å². The molecule has 0 aliphatic rings. The molecule has 7 heteroatoms. The van der Waals surface area contributed by atoms with Gasteiger partial charge < -0.3 is 10.1 Å². The van der Waals surface area contributed by atoms with E-state index in [1.807, 2.05) is 0 Å². The number of nitrogens with one attached hydrogen (secondary N) is 1. The van der Waals surface area contributed by atoms with Crippen molar-refractivity contribution in [2.75, 3.05) is 12.4 Å². The van der Waals surface area contributed by atoms with Crippen molar-refractivity contribution in [3.8, 4) is 5.75 Å². The Kier molecular flexibility index (Phi) is 4.72. The highest BCUT2D eigenvalue weighted by Crippen LogP contribution is 2.27. The molecule has 1 N–H and O–H groups in total. The molecule has 0 aliphatic heterocycles. The van der Waals surface area contributed by atoms with Crippen molar-refractivity contribution in [1.82, 2.24) is 0 Å². The van der Waals surface area contributed by atoms with Gasteiger partial charge in [0, 0.05) is 17.1 Å². The molecule has 2 aromatic rings. The van der Waals surface area contributed by atoms with Gasteiger partial charge in [-0.1, -0.05) is 15.9 Å². The fourth-order valence-electron chi connectivity index (χ4n) is 1.73. The van der Waals surface area contributed by atoms with E-state index in [0.29, 0.717) is 15.8 Å². The lowest BCUT2D eigenvalue weighted by Crippen LogP contribution is -2.07. The molecule has 0 bridgehead atoms. The Morgan fingerprint density at radius 3 is 2.24 bits per heavy atom. The third-order valence-corrected chi connectivity index (χ3v) is 3.59. The first-order valence-corrected chi connectivity index (χ1v) is 6.62. The Morgan fingerprint density at radius 2 is 1.67 bits per heavy atom. The summed E-state index contributed by atoms with van der Waals surface area (Å²) in [4.78, 5) is 0. The quantitative estimate of drug-likeness (QED) is 0.631. The molecule has 0 unspecified atom stereocenters. The summed E-state index contributed by atoms with van der Waals surface area (Å²) < 4.78 is 58.9. The first-order valence-electron chi connectivity index (χ1n) is 5.83. The highest BCUT2D eigenvalue weighted by Gasteiger charge is 2.19. The topological polar surface area (TPSA) is 21.3 Å². The number of hydrogen-bond acceptors (Lipinski definition) is 2. The molecule has 2 nitrogen and oxygen atoms in total. The molecule has 0 fully saturated rings. The lowest BCUT2D eigenvalue weighted by molar-refractivity contribution is 0.414. The van der Waals surface area contributed by atoms with Crippen LogP contribution < -0.4 is 10.1 Å². The normalized spacial score (nSPS) is 10.6. The van der Waals surface area contributed by atoms with Crippen LogP contribution in [0.5, 0.6) is 5.75 Å². The van der Waals surface area contributed by atoms with E-state index in [9.17, 15) is 17.6 Å². The number of benzene rings is 2. The number of methoxy groups -OCH3 is 1. The summed E-state index contributed by atoms with van der Waals surface area (Å²) in [5.74, 6) is -5.30. The van der Waals surface area contributed by atoms with E-state index < -0.39 is 29.0 Å². The van der Waals surface area contributed by atoms with Gasteiger partial charge in [0.25, 0.3) is 0 Å². The molecule has 0 atom stereocenters. The summed E-state index contributed by atoms with van der Waals surface area (Å²) in [5.41, 5.74) is -0.236. The SMILES string of the molecule is COc1ccc(Br)c(CNc2c(F)c(F)cc(F)c2F)c1. The zero-order valence-corrected chi connectivity index (χ0v) is 12.4. The number of ether oxygens (including phenoxy) is 1.